The van der Waals surface area contributed by atoms with Gasteiger partial charge in [-0.3, -0.25) is 4.98 Å². The molecule has 6 heteroatoms. The third kappa shape index (κ3) is 3.15. The van der Waals surface area contributed by atoms with Gasteiger partial charge in [-0.05, 0) is 51.1 Å². The number of nitrogens with two attached hydrogens (primary N) is 1. The molecule has 0 aliphatic heterocycles. The van der Waals surface area contributed by atoms with Gasteiger partial charge in [-0.15, -0.1) is 0 Å². The van der Waals surface area contributed by atoms with E-state index in [4.69, 9.17) is 5.73 Å². The summed E-state index contributed by atoms with van der Waals surface area (Å²) < 4.78 is 27.8. The molecular formula is C14H19N3O2S. The molecule has 2 aromatic rings. The van der Waals surface area contributed by atoms with Crippen LogP contribution in [-0.4, -0.2) is 25.5 Å². The highest BCUT2D eigenvalue weighted by molar-refractivity contribution is 7.89. The van der Waals surface area contributed by atoms with E-state index in [2.05, 4.69) is 9.71 Å². The van der Waals surface area contributed by atoms with Gasteiger partial charge in [0.25, 0.3) is 0 Å². The Balaban J connectivity index is 2.47. The molecule has 0 spiro atoms. The summed E-state index contributed by atoms with van der Waals surface area (Å²) in [4.78, 5) is 4.42. The zero-order valence-corrected chi connectivity index (χ0v) is 12.4. The molecule has 1 heterocycles. The maximum Gasteiger partial charge on any atom is 0.241 e. The topological polar surface area (TPSA) is 85.1 Å². The van der Waals surface area contributed by atoms with E-state index in [0.717, 1.165) is 0 Å². The largest absolute Gasteiger partial charge is 0.330 e. The van der Waals surface area contributed by atoms with E-state index in [1.165, 1.54) is 0 Å². The first-order valence-electron chi connectivity index (χ1n) is 6.43. The van der Waals surface area contributed by atoms with Crippen LogP contribution in [0.15, 0.2) is 41.4 Å². The van der Waals surface area contributed by atoms with Crippen molar-refractivity contribution >= 4 is 20.9 Å². The number of pyridine rings is 1. The van der Waals surface area contributed by atoms with Crippen LogP contribution in [0.25, 0.3) is 10.9 Å². The van der Waals surface area contributed by atoms with Crippen LogP contribution in [0.3, 0.4) is 0 Å². The zero-order chi connectivity index (χ0) is 14.8. The fraction of sp³-hybridized carbons (Fsp3) is 0.357. The SMILES string of the molecule is CC(C)(CCN)NS(=O)(=O)c1cccc2ncccc12. The van der Waals surface area contributed by atoms with Crippen LogP contribution >= 0.6 is 0 Å². The van der Waals surface area contributed by atoms with Crippen molar-refractivity contribution in [3.63, 3.8) is 0 Å². The van der Waals surface area contributed by atoms with Crippen molar-refractivity contribution in [2.24, 2.45) is 5.73 Å². The van der Waals surface area contributed by atoms with Crippen molar-refractivity contribution in [3.05, 3.63) is 36.5 Å². The highest BCUT2D eigenvalue weighted by atomic mass is 32.2. The number of nitrogens with zero attached hydrogens (tertiary/aromatic N) is 1. The third-order valence-electron chi connectivity index (χ3n) is 3.08. The highest BCUT2D eigenvalue weighted by Gasteiger charge is 2.26. The molecule has 0 aliphatic rings. The Labute approximate surface area is 119 Å². The van der Waals surface area contributed by atoms with Gasteiger partial charge in [-0.25, -0.2) is 13.1 Å². The molecule has 1 aromatic carbocycles. The quantitative estimate of drug-likeness (QED) is 0.877. The molecule has 0 amide bonds. The summed E-state index contributed by atoms with van der Waals surface area (Å²) in [6, 6.07) is 8.56. The van der Waals surface area contributed by atoms with E-state index in [9.17, 15) is 8.42 Å². The first kappa shape index (κ1) is 14.9. The standard InChI is InChI=1S/C14H19N3O2S/c1-14(2,8-9-15)17-20(18,19)13-7-3-6-12-11(13)5-4-10-16-12/h3-7,10,17H,8-9,15H2,1-2H3. The van der Waals surface area contributed by atoms with Gasteiger partial charge in [-0.2, -0.15) is 0 Å². The van der Waals surface area contributed by atoms with E-state index in [1.54, 1.807) is 36.5 Å². The first-order chi connectivity index (χ1) is 9.36. The van der Waals surface area contributed by atoms with Crippen molar-refractivity contribution in [1.29, 1.82) is 0 Å². The molecule has 0 aliphatic carbocycles. The molecule has 5 nitrogen and oxygen atoms in total. The summed E-state index contributed by atoms with van der Waals surface area (Å²) in [6.07, 6.45) is 2.21. The lowest BCUT2D eigenvalue weighted by molar-refractivity contribution is 0.428. The lowest BCUT2D eigenvalue weighted by atomic mass is 10.0. The minimum Gasteiger partial charge on any atom is -0.330 e. The van der Waals surface area contributed by atoms with Crippen LogP contribution in [0.1, 0.15) is 20.3 Å². The summed E-state index contributed by atoms with van der Waals surface area (Å²) in [6.45, 7) is 4.06. The lowest BCUT2D eigenvalue weighted by Crippen LogP contribution is -2.44. The van der Waals surface area contributed by atoms with Gasteiger partial charge in [0.2, 0.25) is 10.0 Å². The van der Waals surface area contributed by atoms with E-state index in [0.29, 0.717) is 23.9 Å². The van der Waals surface area contributed by atoms with Gasteiger partial charge in [0.15, 0.2) is 0 Å². The van der Waals surface area contributed by atoms with Crippen LogP contribution in [0.5, 0.6) is 0 Å². The van der Waals surface area contributed by atoms with Crippen molar-refractivity contribution in [3.8, 4) is 0 Å². The molecule has 0 saturated heterocycles. The second-order valence-corrected chi connectivity index (χ2v) is 7.01. The third-order valence-corrected chi connectivity index (χ3v) is 4.83. The summed E-state index contributed by atoms with van der Waals surface area (Å²) in [7, 11) is -3.61. The highest BCUT2D eigenvalue weighted by Crippen LogP contribution is 2.23. The van der Waals surface area contributed by atoms with E-state index >= 15 is 0 Å². The number of sulfonamides is 1. The van der Waals surface area contributed by atoms with E-state index in [1.807, 2.05) is 13.8 Å². The van der Waals surface area contributed by atoms with Crippen molar-refractivity contribution < 1.29 is 8.42 Å². The van der Waals surface area contributed by atoms with Gasteiger partial charge in [0.1, 0.15) is 0 Å². The van der Waals surface area contributed by atoms with Gasteiger partial charge in [0.05, 0.1) is 10.4 Å². The molecule has 1 aromatic heterocycles. The number of fused-ring (bicyclic) bond motifs is 1. The minimum absolute atomic E-state index is 0.244. The van der Waals surface area contributed by atoms with E-state index in [-0.39, 0.29) is 4.90 Å². The maximum atomic E-state index is 12.6. The molecule has 0 radical (unpaired) electrons. The average molecular weight is 293 g/mol. The zero-order valence-electron chi connectivity index (χ0n) is 11.6. The second-order valence-electron chi connectivity index (χ2n) is 5.35. The molecule has 0 fully saturated rings. The summed E-state index contributed by atoms with van der Waals surface area (Å²) in [5.41, 5.74) is 5.59. The van der Waals surface area contributed by atoms with Crippen molar-refractivity contribution in [2.75, 3.05) is 6.54 Å². The second kappa shape index (κ2) is 5.47. The molecule has 108 valence electrons. The molecule has 2 rings (SSSR count). The van der Waals surface area contributed by atoms with Crippen molar-refractivity contribution in [1.82, 2.24) is 9.71 Å². The lowest BCUT2D eigenvalue weighted by Gasteiger charge is -2.25. The maximum absolute atomic E-state index is 12.6. The van der Waals surface area contributed by atoms with Crippen LogP contribution in [0, 0.1) is 0 Å². The van der Waals surface area contributed by atoms with Crippen LogP contribution in [-0.2, 0) is 10.0 Å². The Morgan fingerprint density at radius 2 is 2.00 bits per heavy atom. The van der Waals surface area contributed by atoms with Gasteiger partial charge in [-0.1, -0.05) is 6.07 Å². The Kier molecular flexibility index (Phi) is 4.08. The number of aromatic nitrogens is 1. The van der Waals surface area contributed by atoms with Gasteiger partial charge >= 0.3 is 0 Å². The Hall–Kier alpha value is -1.50. The molecule has 20 heavy (non-hydrogen) atoms. The predicted octanol–water partition coefficient (Wildman–Crippen LogP) is 1.64. The Bertz CT molecular complexity index is 706. The summed E-state index contributed by atoms with van der Waals surface area (Å²) in [5.74, 6) is 0. The van der Waals surface area contributed by atoms with Crippen LogP contribution < -0.4 is 10.5 Å². The fourth-order valence-corrected chi connectivity index (χ4v) is 3.80. The molecular weight excluding hydrogens is 274 g/mol. The molecule has 3 N–H and O–H groups in total. The molecule has 0 unspecified atom stereocenters. The van der Waals surface area contributed by atoms with Gasteiger partial charge in [0, 0.05) is 17.1 Å². The summed E-state index contributed by atoms with van der Waals surface area (Å²) in [5, 5.41) is 0.617. The van der Waals surface area contributed by atoms with Crippen LogP contribution in [0.4, 0.5) is 0 Å². The molecule has 0 bridgehead atoms. The number of nitrogens with one attached hydrogen (secondary N) is 1. The Morgan fingerprint density at radius 1 is 1.25 bits per heavy atom. The molecule has 0 atom stereocenters. The van der Waals surface area contributed by atoms with E-state index < -0.39 is 15.6 Å². The Morgan fingerprint density at radius 3 is 2.70 bits per heavy atom. The minimum atomic E-state index is -3.61. The number of hydrogen-bond donors (Lipinski definition) is 2. The number of benzene rings is 1. The predicted molar refractivity (Wildman–Crippen MR) is 79.8 cm³/mol. The van der Waals surface area contributed by atoms with Crippen molar-refractivity contribution in [2.45, 2.75) is 30.7 Å². The van der Waals surface area contributed by atoms with Gasteiger partial charge < -0.3 is 5.73 Å². The summed E-state index contributed by atoms with van der Waals surface area (Å²) >= 11 is 0. The number of rotatable bonds is 5. The fourth-order valence-electron chi connectivity index (χ4n) is 2.14. The first-order valence-corrected chi connectivity index (χ1v) is 7.92. The number of hydrogen-bond acceptors (Lipinski definition) is 4. The monoisotopic (exact) mass is 293 g/mol. The normalized spacial score (nSPS) is 12.8. The molecule has 0 saturated carbocycles. The smallest absolute Gasteiger partial charge is 0.241 e. The average Bonchev–Trinajstić information content (AvgIpc) is 2.36. The van der Waals surface area contributed by atoms with Crippen LogP contribution in [0.2, 0.25) is 0 Å².